The lowest BCUT2D eigenvalue weighted by atomic mass is 9.99. The van der Waals surface area contributed by atoms with Gasteiger partial charge in [-0.05, 0) is 75.2 Å². The molecule has 9 atom stereocenters. The van der Waals surface area contributed by atoms with Crippen LogP contribution < -0.4 is 53.6 Å². The molecule has 0 fully saturated rings. The van der Waals surface area contributed by atoms with Crippen molar-refractivity contribution in [2.24, 2.45) is 29.4 Å². The third-order valence-electron chi connectivity index (χ3n) is 9.77. The van der Waals surface area contributed by atoms with E-state index in [4.69, 9.17) is 5.73 Å². The minimum Gasteiger partial charge on any atom is -0.480 e. The molecular weight excluding hydrogens is 901 g/mol. The molecule has 9 amide bonds. The summed E-state index contributed by atoms with van der Waals surface area (Å²) in [5.74, 6) is -8.68. The molecule has 0 bridgehead atoms. The van der Waals surface area contributed by atoms with Crippen LogP contribution in [0.2, 0.25) is 0 Å². The van der Waals surface area contributed by atoms with Crippen molar-refractivity contribution in [1.82, 2.24) is 47.9 Å². The average Bonchev–Trinajstić information content (AvgIpc) is 3.22. The van der Waals surface area contributed by atoms with Gasteiger partial charge in [0, 0.05) is 5.75 Å². The van der Waals surface area contributed by atoms with Gasteiger partial charge in [0.1, 0.15) is 48.3 Å². The standard InChI is InChI=1S/C42H76N10O12S2/c1-20(2)14-27(46-31(54)17-43)36(57)44-18-32(55)47-30(19-65)39(60)52-34(25(10)53)41(62)49-28(15-21(3)4)38(59)51-33(23(7)8)40(61)45-24(9)35(56)48-26(12-13-66-11)37(58)50-29(42(63)64)16-22(5)6/h20-30,33-34,53,65H,12-19,43H2,1-11H3,(H,44,57)(H,45,61)(H,46,54)(H,47,55)(H,48,56)(H,49,62)(H,50,58)(H,51,59)(H,52,60)(H,63,64)/t24-,25+,26-,27-,28-,29-,30-,33-,34-/m0/s1. The number of carbonyl (C=O) groups is 10. The van der Waals surface area contributed by atoms with Gasteiger partial charge in [0.15, 0.2) is 0 Å². The molecule has 0 unspecified atom stereocenters. The Balaban J connectivity index is 5.93. The first kappa shape index (κ1) is 61.3. The SMILES string of the molecule is CSCC[C@H](NC(=O)[C@H](C)NC(=O)[C@@H](NC(=O)[C@H](CC(C)C)NC(=O)[C@@H](NC(=O)[C@H](CS)NC(=O)CNC(=O)[C@H](CC(C)C)NC(=O)CN)[C@@H](C)O)C(C)C)C(=O)N[C@@H](CC(C)C)C(=O)O. The van der Waals surface area contributed by atoms with Gasteiger partial charge in [-0.25, -0.2) is 4.79 Å². The Bertz CT molecular complexity index is 1650. The van der Waals surface area contributed by atoms with Crippen LogP contribution in [0.3, 0.4) is 0 Å². The summed E-state index contributed by atoms with van der Waals surface area (Å²) in [7, 11) is 0. The zero-order valence-corrected chi connectivity index (χ0v) is 41.8. The van der Waals surface area contributed by atoms with Gasteiger partial charge in [0.25, 0.3) is 0 Å². The predicted octanol–water partition coefficient (Wildman–Crippen LogP) is -2.10. The third kappa shape index (κ3) is 23.7. The predicted molar refractivity (Wildman–Crippen MR) is 253 cm³/mol. The van der Waals surface area contributed by atoms with Crippen molar-refractivity contribution in [3.05, 3.63) is 0 Å². The van der Waals surface area contributed by atoms with Gasteiger partial charge in [-0.3, -0.25) is 43.2 Å². The zero-order chi connectivity index (χ0) is 51.0. The van der Waals surface area contributed by atoms with E-state index in [1.807, 2.05) is 27.7 Å². The lowest BCUT2D eigenvalue weighted by Gasteiger charge is -2.29. The second-order valence-electron chi connectivity index (χ2n) is 17.7. The van der Waals surface area contributed by atoms with Gasteiger partial charge in [-0.15, -0.1) is 0 Å². The van der Waals surface area contributed by atoms with Gasteiger partial charge in [0.05, 0.1) is 19.2 Å². The first-order valence-corrected chi connectivity index (χ1v) is 24.1. The van der Waals surface area contributed by atoms with Crippen LogP contribution in [0.4, 0.5) is 0 Å². The smallest absolute Gasteiger partial charge is 0.326 e. The normalized spacial score (nSPS) is 15.4. The molecule has 24 heteroatoms. The van der Waals surface area contributed by atoms with E-state index in [9.17, 15) is 58.2 Å². The van der Waals surface area contributed by atoms with Crippen LogP contribution in [0.5, 0.6) is 0 Å². The Morgan fingerprint density at radius 3 is 1.44 bits per heavy atom. The van der Waals surface area contributed by atoms with E-state index < -0.39 is 126 Å². The molecule has 0 rings (SSSR count). The topological polar surface area (TPSA) is 345 Å². The van der Waals surface area contributed by atoms with E-state index in [0.717, 1.165) is 0 Å². The van der Waals surface area contributed by atoms with E-state index in [1.54, 1.807) is 34.0 Å². The van der Waals surface area contributed by atoms with Crippen LogP contribution in [-0.2, 0) is 47.9 Å². The minimum atomic E-state index is -1.64. The number of aliphatic carboxylic acids is 1. The number of thiol groups is 1. The molecule has 0 saturated heterocycles. The first-order valence-electron chi connectivity index (χ1n) is 22.1. The van der Waals surface area contributed by atoms with Crippen molar-refractivity contribution in [3.8, 4) is 0 Å². The molecule has 0 saturated carbocycles. The van der Waals surface area contributed by atoms with Crippen LogP contribution in [0.25, 0.3) is 0 Å². The number of nitrogens with two attached hydrogens (primary N) is 1. The zero-order valence-electron chi connectivity index (χ0n) is 40.1. The van der Waals surface area contributed by atoms with E-state index in [0.29, 0.717) is 5.75 Å². The monoisotopic (exact) mass is 977 g/mol. The number of rotatable bonds is 31. The van der Waals surface area contributed by atoms with Crippen LogP contribution in [0, 0.1) is 23.7 Å². The fraction of sp³-hybridized carbons (Fsp3) is 0.762. The molecule has 0 aliphatic carbocycles. The lowest BCUT2D eigenvalue weighted by Crippen LogP contribution is -2.62. The summed E-state index contributed by atoms with van der Waals surface area (Å²) in [6, 6.07) is -9.97. The van der Waals surface area contributed by atoms with E-state index in [1.165, 1.54) is 25.6 Å². The van der Waals surface area contributed by atoms with Crippen molar-refractivity contribution in [3.63, 3.8) is 0 Å². The molecule has 13 N–H and O–H groups in total. The largest absolute Gasteiger partial charge is 0.480 e. The highest BCUT2D eigenvalue weighted by molar-refractivity contribution is 7.98. The Kier molecular flexibility index (Phi) is 29.1. The molecule has 0 heterocycles. The molecular formula is C42H76N10O12S2. The summed E-state index contributed by atoms with van der Waals surface area (Å²) in [5.41, 5.74) is 5.35. The van der Waals surface area contributed by atoms with Crippen molar-refractivity contribution in [2.75, 3.05) is 30.9 Å². The van der Waals surface area contributed by atoms with Crippen LogP contribution in [0.1, 0.15) is 94.9 Å². The average molecular weight is 977 g/mol. The maximum Gasteiger partial charge on any atom is 0.326 e. The Morgan fingerprint density at radius 2 is 0.970 bits per heavy atom. The van der Waals surface area contributed by atoms with Gasteiger partial charge >= 0.3 is 5.97 Å². The molecule has 0 aliphatic heterocycles. The molecule has 0 spiro atoms. The third-order valence-corrected chi connectivity index (χ3v) is 10.8. The summed E-state index contributed by atoms with van der Waals surface area (Å²) in [4.78, 5) is 130. The number of aliphatic hydroxyl groups is 1. The number of hydrogen-bond acceptors (Lipinski definition) is 14. The second kappa shape index (κ2) is 31.3. The van der Waals surface area contributed by atoms with E-state index >= 15 is 0 Å². The number of nitrogens with one attached hydrogen (secondary N) is 9. The summed E-state index contributed by atoms with van der Waals surface area (Å²) in [6.45, 7) is 15.8. The number of hydrogen-bond donors (Lipinski definition) is 13. The van der Waals surface area contributed by atoms with Crippen molar-refractivity contribution >= 4 is 83.5 Å². The minimum absolute atomic E-state index is 0.00899. The summed E-state index contributed by atoms with van der Waals surface area (Å²) >= 11 is 5.54. The Morgan fingerprint density at radius 1 is 0.530 bits per heavy atom. The number of aliphatic hydroxyl groups excluding tert-OH is 1. The highest BCUT2D eigenvalue weighted by Gasteiger charge is 2.35. The maximum absolute atomic E-state index is 13.8. The number of thioether (sulfide) groups is 1. The first-order chi connectivity index (χ1) is 30.7. The number of amides is 9. The molecule has 0 radical (unpaired) electrons. The highest BCUT2D eigenvalue weighted by Crippen LogP contribution is 2.11. The number of carboxylic acids is 1. The second-order valence-corrected chi connectivity index (χ2v) is 19.1. The van der Waals surface area contributed by atoms with E-state index in [2.05, 4.69) is 60.5 Å². The highest BCUT2D eigenvalue weighted by atomic mass is 32.2. The molecule has 378 valence electrons. The van der Waals surface area contributed by atoms with Crippen molar-refractivity contribution < 1.29 is 58.2 Å². The molecule has 0 aliphatic rings. The Hall–Kier alpha value is -4.68. The molecule has 0 aromatic heterocycles. The summed E-state index contributed by atoms with van der Waals surface area (Å²) in [6.07, 6.45) is 0.948. The fourth-order valence-corrected chi connectivity index (χ4v) is 6.96. The quantitative estimate of drug-likeness (QED) is 0.0332. The van der Waals surface area contributed by atoms with Crippen molar-refractivity contribution in [1.29, 1.82) is 0 Å². The molecule has 22 nitrogen and oxygen atoms in total. The van der Waals surface area contributed by atoms with Crippen molar-refractivity contribution in [2.45, 2.75) is 149 Å². The van der Waals surface area contributed by atoms with Crippen LogP contribution in [0.15, 0.2) is 0 Å². The van der Waals surface area contributed by atoms with Gasteiger partial charge in [-0.2, -0.15) is 24.4 Å². The number of carbonyl (C=O) groups excluding carboxylic acids is 9. The Labute approximate surface area is 397 Å². The number of carboxylic acid groups (broad SMARTS) is 1. The van der Waals surface area contributed by atoms with Gasteiger partial charge in [0.2, 0.25) is 53.2 Å². The molecule has 0 aromatic carbocycles. The lowest BCUT2D eigenvalue weighted by molar-refractivity contribution is -0.142. The van der Waals surface area contributed by atoms with E-state index in [-0.39, 0.29) is 55.7 Å². The maximum atomic E-state index is 13.8. The van der Waals surface area contributed by atoms with Crippen LogP contribution in [-0.4, -0.2) is 155 Å². The van der Waals surface area contributed by atoms with Gasteiger partial charge < -0.3 is 63.8 Å². The van der Waals surface area contributed by atoms with Gasteiger partial charge in [-0.1, -0.05) is 55.4 Å². The van der Waals surface area contributed by atoms with Crippen LogP contribution >= 0.6 is 24.4 Å². The summed E-state index contributed by atoms with van der Waals surface area (Å²) in [5, 5.41) is 42.6. The summed E-state index contributed by atoms with van der Waals surface area (Å²) < 4.78 is 0. The fourth-order valence-electron chi connectivity index (χ4n) is 6.23. The molecule has 66 heavy (non-hydrogen) atoms. The molecule has 0 aromatic rings.